The SMILES string of the molecule is Cc1ccc(/C=N/NC(=O)CNc2ccc3ccccc3c2)o1. The molecule has 0 aliphatic rings. The van der Waals surface area contributed by atoms with Gasteiger partial charge in [-0.25, -0.2) is 5.43 Å². The van der Waals surface area contributed by atoms with E-state index in [0.717, 1.165) is 16.8 Å². The van der Waals surface area contributed by atoms with Crippen molar-refractivity contribution >= 4 is 28.6 Å². The molecule has 5 heteroatoms. The summed E-state index contributed by atoms with van der Waals surface area (Å²) < 4.78 is 5.32. The Morgan fingerprint density at radius 2 is 1.96 bits per heavy atom. The number of nitrogens with one attached hydrogen (secondary N) is 2. The first kappa shape index (κ1) is 14.8. The van der Waals surface area contributed by atoms with Crippen LogP contribution in [-0.2, 0) is 4.79 Å². The van der Waals surface area contributed by atoms with Gasteiger partial charge in [0.1, 0.15) is 11.5 Å². The van der Waals surface area contributed by atoms with E-state index in [9.17, 15) is 4.79 Å². The molecule has 0 fully saturated rings. The molecule has 0 unspecified atom stereocenters. The van der Waals surface area contributed by atoms with Gasteiger partial charge >= 0.3 is 0 Å². The summed E-state index contributed by atoms with van der Waals surface area (Å²) in [6.07, 6.45) is 1.47. The number of rotatable bonds is 5. The fraction of sp³-hybridized carbons (Fsp3) is 0.111. The van der Waals surface area contributed by atoms with E-state index in [0.29, 0.717) is 5.76 Å². The van der Waals surface area contributed by atoms with Crippen molar-refractivity contribution in [1.82, 2.24) is 5.43 Å². The zero-order valence-electron chi connectivity index (χ0n) is 12.7. The van der Waals surface area contributed by atoms with Crippen LogP contribution in [0.4, 0.5) is 5.69 Å². The largest absolute Gasteiger partial charge is 0.460 e. The smallest absolute Gasteiger partial charge is 0.259 e. The minimum Gasteiger partial charge on any atom is -0.460 e. The topological polar surface area (TPSA) is 66.6 Å². The highest BCUT2D eigenvalue weighted by Gasteiger charge is 2.01. The molecule has 0 spiro atoms. The Morgan fingerprint density at radius 1 is 1.13 bits per heavy atom. The van der Waals surface area contributed by atoms with Crippen LogP contribution in [0.1, 0.15) is 11.5 Å². The Kier molecular flexibility index (Phi) is 4.38. The molecule has 0 aliphatic heterocycles. The van der Waals surface area contributed by atoms with Crippen LogP contribution in [0.2, 0.25) is 0 Å². The van der Waals surface area contributed by atoms with Crippen LogP contribution in [0.3, 0.4) is 0 Å². The van der Waals surface area contributed by atoms with E-state index >= 15 is 0 Å². The summed E-state index contributed by atoms with van der Waals surface area (Å²) in [5.41, 5.74) is 3.35. The van der Waals surface area contributed by atoms with Crippen LogP contribution in [0, 0.1) is 6.92 Å². The predicted octanol–water partition coefficient (Wildman–Crippen LogP) is 3.30. The van der Waals surface area contributed by atoms with Gasteiger partial charge in [0.05, 0.1) is 12.8 Å². The Labute approximate surface area is 134 Å². The number of hydrogen-bond donors (Lipinski definition) is 2. The number of fused-ring (bicyclic) bond motifs is 1. The third-order valence-corrected chi connectivity index (χ3v) is 3.34. The highest BCUT2D eigenvalue weighted by Crippen LogP contribution is 2.18. The van der Waals surface area contributed by atoms with Crippen molar-refractivity contribution in [2.24, 2.45) is 5.10 Å². The number of carbonyl (C=O) groups is 1. The first-order valence-corrected chi connectivity index (χ1v) is 7.32. The van der Waals surface area contributed by atoms with Crippen LogP contribution < -0.4 is 10.7 Å². The van der Waals surface area contributed by atoms with Gasteiger partial charge in [-0.3, -0.25) is 4.79 Å². The van der Waals surface area contributed by atoms with Gasteiger partial charge in [0, 0.05) is 5.69 Å². The van der Waals surface area contributed by atoms with Crippen LogP contribution in [0.5, 0.6) is 0 Å². The lowest BCUT2D eigenvalue weighted by Gasteiger charge is -2.06. The van der Waals surface area contributed by atoms with E-state index < -0.39 is 0 Å². The van der Waals surface area contributed by atoms with Gasteiger partial charge in [-0.15, -0.1) is 0 Å². The molecule has 1 amide bonds. The van der Waals surface area contributed by atoms with Gasteiger partial charge in [-0.05, 0) is 42.0 Å². The molecule has 0 radical (unpaired) electrons. The molecule has 23 heavy (non-hydrogen) atoms. The molecule has 1 heterocycles. The van der Waals surface area contributed by atoms with Crippen molar-refractivity contribution in [3.05, 3.63) is 66.1 Å². The molecule has 2 aromatic carbocycles. The summed E-state index contributed by atoms with van der Waals surface area (Å²) in [6, 6.07) is 17.7. The maximum atomic E-state index is 11.8. The first-order valence-electron chi connectivity index (χ1n) is 7.32. The molecule has 0 saturated carbocycles. The molecule has 0 atom stereocenters. The van der Waals surface area contributed by atoms with Crippen LogP contribution in [-0.4, -0.2) is 18.7 Å². The van der Waals surface area contributed by atoms with Crippen molar-refractivity contribution in [3.63, 3.8) is 0 Å². The van der Waals surface area contributed by atoms with Crippen molar-refractivity contribution in [3.8, 4) is 0 Å². The molecule has 0 bridgehead atoms. The minimum atomic E-state index is -0.224. The molecule has 0 saturated heterocycles. The molecule has 2 N–H and O–H groups in total. The molecule has 5 nitrogen and oxygen atoms in total. The number of amides is 1. The van der Waals surface area contributed by atoms with Gasteiger partial charge < -0.3 is 9.73 Å². The van der Waals surface area contributed by atoms with Crippen LogP contribution in [0.15, 0.2) is 64.1 Å². The lowest BCUT2D eigenvalue weighted by molar-refractivity contribution is -0.119. The monoisotopic (exact) mass is 307 g/mol. The maximum absolute atomic E-state index is 11.8. The van der Waals surface area contributed by atoms with Crippen LogP contribution in [0.25, 0.3) is 10.8 Å². The zero-order valence-corrected chi connectivity index (χ0v) is 12.7. The molecule has 116 valence electrons. The summed E-state index contributed by atoms with van der Waals surface area (Å²) in [5, 5.41) is 9.24. The second-order valence-electron chi connectivity index (χ2n) is 5.16. The van der Waals surface area contributed by atoms with E-state index in [1.54, 1.807) is 6.07 Å². The third-order valence-electron chi connectivity index (χ3n) is 3.34. The van der Waals surface area contributed by atoms with Crippen molar-refractivity contribution in [1.29, 1.82) is 0 Å². The number of anilines is 1. The quantitative estimate of drug-likeness (QED) is 0.561. The summed E-state index contributed by atoms with van der Waals surface area (Å²) >= 11 is 0. The van der Waals surface area contributed by atoms with E-state index in [-0.39, 0.29) is 12.5 Å². The Hall–Kier alpha value is -3.08. The summed E-state index contributed by atoms with van der Waals surface area (Å²) in [7, 11) is 0. The van der Waals surface area contributed by atoms with Crippen molar-refractivity contribution < 1.29 is 9.21 Å². The Bertz CT molecular complexity index is 852. The van der Waals surface area contributed by atoms with Crippen LogP contribution >= 0.6 is 0 Å². The molecule has 1 aromatic heterocycles. The Balaban J connectivity index is 1.52. The van der Waals surface area contributed by atoms with Crippen molar-refractivity contribution in [2.45, 2.75) is 6.92 Å². The first-order chi connectivity index (χ1) is 11.2. The molecule has 3 aromatic rings. The van der Waals surface area contributed by atoms with Gasteiger partial charge in [0.2, 0.25) is 0 Å². The van der Waals surface area contributed by atoms with E-state index in [1.165, 1.54) is 11.6 Å². The second kappa shape index (κ2) is 6.79. The Morgan fingerprint density at radius 3 is 2.74 bits per heavy atom. The van der Waals surface area contributed by atoms with E-state index in [2.05, 4.69) is 21.9 Å². The van der Waals surface area contributed by atoms with Gasteiger partial charge in [0.15, 0.2) is 0 Å². The highest BCUT2D eigenvalue weighted by atomic mass is 16.3. The fourth-order valence-corrected chi connectivity index (χ4v) is 2.21. The maximum Gasteiger partial charge on any atom is 0.259 e. The van der Waals surface area contributed by atoms with Gasteiger partial charge in [0.25, 0.3) is 5.91 Å². The number of benzene rings is 2. The number of hydrogen-bond acceptors (Lipinski definition) is 4. The fourth-order valence-electron chi connectivity index (χ4n) is 2.21. The standard InChI is InChI=1S/C18H17N3O2/c1-13-6-9-17(23-13)11-20-21-18(22)12-19-16-8-7-14-4-2-3-5-15(14)10-16/h2-11,19H,12H2,1H3,(H,21,22)/b20-11+. The van der Waals surface area contributed by atoms with E-state index in [4.69, 9.17) is 4.42 Å². The lowest BCUT2D eigenvalue weighted by atomic mass is 10.1. The number of hydrazone groups is 1. The van der Waals surface area contributed by atoms with Crippen molar-refractivity contribution in [2.75, 3.05) is 11.9 Å². The van der Waals surface area contributed by atoms with E-state index in [1.807, 2.05) is 49.4 Å². The normalized spacial score (nSPS) is 11.0. The average molecular weight is 307 g/mol. The number of carbonyl (C=O) groups excluding carboxylic acids is 1. The summed E-state index contributed by atoms with van der Waals surface area (Å²) in [5.74, 6) is 1.18. The number of furan rings is 1. The average Bonchev–Trinajstić information content (AvgIpc) is 2.98. The summed E-state index contributed by atoms with van der Waals surface area (Å²) in [6.45, 7) is 2.00. The lowest BCUT2D eigenvalue weighted by Crippen LogP contribution is -2.25. The summed E-state index contributed by atoms with van der Waals surface area (Å²) in [4.78, 5) is 11.8. The van der Waals surface area contributed by atoms with Gasteiger partial charge in [-0.2, -0.15) is 5.10 Å². The third kappa shape index (κ3) is 3.97. The number of nitrogens with zero attached hydrogens (tertiary/aromatic N) is 1. The highest BCUT2D eigenvalue weighted by molar-refractivity contribution is 5.87. The molecule has 3 rings (SSSR count). The number of aryl methyl sites for hydroxylation is 1. The predicted molar refractivity (Wildman–Crippen MR) is 91.6 cm³/mol. The molecular formula is C18H17N3O2. The second-order valence-corrected chi connectivity index (χ2v) is 5.16. The minimum absolute atomic E-state index is 0.146. The molecule has 0 aliphatic carbocycles. The van der Waals surface area contributed by atoms with Gasteiger partial charge in [-0.1, -0.05) is 30.3 Å². The zero-order chi connectivity index (χ0) is 16.1. The molecular weight excluding hydrogens is 290 g/mol.